The molecule has 1 aromatic carbocycles. The van der Waals surface area contributed by atoms with Crippen LogP contribution in [-0.4, -0.2) is 86.9 Å². The molecule has 0 spiro atoms. The first-order valence-electron chi connectivity index (χ1n) is 14.8. The summed E-state index contributed by atoms with van der Waals surface area (Å²) in [6.07, 6.45) is 1.55. The zero-order valence-electron chi connectivity index (χ0n) is 26.3. The number of carbonyl (C=O) groups excluding carboxylic acids is 1. The van der Waals surface area contributed by atoms with Crippen LogP contribution in [0.2, 0.25) is 30.7 Å². The van der Waals surface area contributed by atoms with Crippen molar-refractivity contribution in [2.45, 2.75) is 57.7 Å². The van der Waals surface area contributed by atoms with Crippen LogP contribution in [0.3, 0.4) is 0 Å². The molecule has 1 fully saturated rings. The normalized spacial score (nSPS) is 17.7. The number of ether oxygens (including phenoxy) is 4. The fourth-order valence-corrected chi connectivity index (χ4v) is 6.68. The number of nitriles is 1. The van der Waals surface area contributed by atoms with Gasteiger partial charge in [0.05, 0.1) is 36.6 Å². The largest absolute Gasteiger partial charge is 0.493 e. The minimum Gasteiger partial charge on any atom is -0.493 e. The Balaban J connectivity index is 1.66. The molecule has 15 heteroatoms. The average molecular weight is 684 g/mol. The first-order valence-corrected chi connectivity index (χ1v) is 19.9. The molecule has 0 radical (unpaired) electrons. The number of esters is 1. The van der Waals surface area contributed by atoms with Crippen LogP contribution < -0.4 is 14.8 Å². The lowest BCUT2D eigenvalue weighted by Crippen LogP contribution is -2.29. The maximum Gasteiger partial charge on any atom is 0.316 e. The van der Waals surface area contributed by atoms with Crippen LogP contribution in [0.15, 0.2) is 23.3 Å². The van der Waals surface area contributed by atoms with E-state index in [0.29, 0.717) is 63.9 Å². The molecule has 1 N–H and O–H groups in total. The Hall–Kier alpha value is -2.83. The van der Waals surface area contributed by atoms with Crippen molar-refractivity contribution in [3.05, 3.63) is 40.0 Å². The number of carbonyl (C=O) groups is 1. The van der Waals surface area contributed by atoms with Crippen molar-refractivity contribution < 1.29 is 32.5 Å². The van der Waals surface area contributed by atoms with Crippen molar-refractivity contribution in [2.75, 3.05) is 57.6 Å². The van der Waals surface area contributed by atoms with E-state index in [0.717, 1.165) is 6.04 Å². The van der Waals surface area contributed by atoms with Crippen LogP contribution >= 0.6 is 23.4 Å². The number of halogens is 3. The third-order valence-corrected chi connectivity index (χ3v) is 10.2. The minimum atomic E-state index is -2.69. The van der Waals surface area contributed by atoms with E-state index in [2.05, 4.69) is 31.0 Å². The Kier molecular flexibility index (Phi) is 11.8. The van der Waals surface area contributed by atoms with Gasteiger partial charge in [-0.2, -0.15) is 5.26 Å². The highest BCUT2D eigenvalue weighted by atomic mass is 35.5. The van der Waals surface area contributed by atoms with Gasteiger partial charge in [-0.1, -0.05) is 43.0 Å². The van der Waals surface area contributed by atoms with Crippen LogP contribution in [-0.2, 0) is 21.0 Å². The molecule has 3 heterocycles. The Morgan fingerprint density at radius 3 is 2.71 bits per heavy atom. The highest BCUT2D eigenvalue weighted by Crippen LogP contribution is 2.45. The zero-order valence-corrected chi connectivity index (χ0v) is 28.8. The molecular weight excluding hydrogens is 644 g/mol. The van der Waals surface area contributed by atoms with Gasteiger partial charge in [0, 0.05) is 57.6 Å². The van der Waals surface area contributed by atoms with Crippen LogP contribution in [0.25, 0.3) is 0 Å². The number of rotatable bonds is 14. The molecule has 0 bridgehead atoms. The van der Waals surface area contributed by atoms with E-state index in [1.807, 2.05) is 4.57 Å². The third-order valence-electron chi connectivity index (χ3n) is 7.33. The molecule has 10 nitrogen and oxygen atoms in total. The zero-order chi connectivity index (χ0) is 32.8. The van der Waals surface area contributed by atoms with E-state index < -0.39 is 20.0 Å². The lowest BCUT2D eigenvalue weighted by Gasteiger charge is -2.26. The second kappa shape index (κ2) is 15.2. The van der Waals surface area contributed by atoms with Gasteiger partial charge in [0.15, 0.2) is 16.7 Å². The van der Waals surface area contributed by atoms with E-state index >= 15 is 0 Å². The average Bonchev–Trinajstić information content (AvgIpc) is 3.52. The Bertz CT molecular complexity index is 1450. The number of benzene rings is 1. The van der Waals surface area contributed by atoms with Crippen molar-refractivity contribution in [2.24, 2.45) is 4.99 Å². The van der Waals surface area contributed by atoms with E-state index in [4.69, 9.17) is 35.5 Å². The number of nitrogens with one attached hydrogen (secondary N) is 1. The van der Waals surface area contributed by atoms with E-state index in [1.165, 1.54) is 18.9 Å². The SMILES string of the molecule is CCOC(=O)CSC1=NC(c2cc(OCCN3CCC(F)(F)C3)c(OC)cc2Cl)c2c(C#N)cn(COCC[Si](C)(C)C)c2N1. The summed E-state index contributed by atoms with van der Waals surface area (Å²) in [6.45, 7) is 10.1. The quantitative estimate of drug-likeness (QED) is 0.141. The van der Waals surface area contributed by atoms with Gasteiger partial charge in [-0.15, -0.1) is 0 Å². The van der Waals surface area contributed by atoms with Gasteiger partial charge in [-0.25, -0.2) is 13.8 Å². The number of aliphatic imine (C=N–C) groups is 1. The second-order valence-corrected chi connectivity index (χ2v) is 19.0. The van der Waals surface area contributed by atoms with Crippen molar-refractivity contribution in [1.82, 2.24) is 9.47 Å². The van der Waals surface area contributed by atoms with Gasteiger partial charge < -0.3 is 28.8 Å². The summed E-state index contributed by atoms with van der Waals surface area (Å²) in [5.74, 6) is -1.69. The molecule has 2 aliphatic rings. The minimum absolute atomic E-state index is 0.0283. The molecule has 2 aliphatic heterocycles. The maximum absolute atomic E-state index is 13.7. The van der Waals surface area contributed by atoms with Crippen LogP contribution in [0.1, 0.15) is 36.1 Å². The first-order chi connectivity index (χ1) is 21.3. The van der Waals surface area contributed by atoms with E-state index in [1.54, 1.807) is 30.2 Å². The number of hydrogen-bond donors (Lipinski definition) is 1. The number of methoxy groups -OCH3 is 1. The molecule has 0 saturated carbocycles. The molecule has 1 saturated heterocycles. The predicted molar refractivity (Wildman–Crippen MR) is 175 cm³/mol. The first kappa shape index (κ1) is 35.0. The molecular formula is C30H40ClF2N5O5SSi. The fraction of sp³-hybridized carbons (Fsp3) is 0.567. The number of anilines is 1. The molecule has 1 atom stereocenters. The Morgan fingerprint density at radius 1 is 1.29 bits per heavy atom. The molecule has 0 aliphatic carbocycles. The summed E-state index contributed by atoms with van der Waals surface area (Å²) in [5.41, 5.74) is 1.54. The standard InChI is InChI=1S/C30H40ClF2N5O5SSi/c1-6-42-25(39)17-44-29-35-27(26-20(15-34)16-38(28(26)36-29)19-41-11-12-45(3,4)5)21-13-24(23(40-2)14-22(21)31)43-10-9-37-8-7-30(32,33)18-37/h13-14,16,27H,6-12,17-19H2,1-5H3,(H,35,36). The van der Waals surface area contributed by atoms with Crippen molar-refractivity contribution in [3.63, 3.8) is 0 Å². The van der Waals surface area contributed by atoms with Crippen molar-refractivity contribution in [3.8, 4) is 17.6 Å². The molecule has 0 amide bonds. The third kappa shape index (κ3) is 9.35. The summed E-state index contributed by atoms with van der Waals surface area (Å²) in [6, 6.07) is 5.85. The smallest absolute Gasteiger partial charge is 0.316 e. The summed E-state index contributed by atoms with van der Waals surface area (Å²) >= 11 is 7.98. The number of nitrogens with zero attached hydrogens (tertiary/aromatic N) is 4. The summed E-state index contributed by atoms with van der Waals surface area (Å²) in [7, 11) is 0.181. The molecule has 246 valence electrons. The highest BCUT2D eigenvalue weighted by Gasteiger charge is 2.38. The molecule has 1 unspecified atom stereocenters. The Morgan fingerprint density at radius 2 is 2.07 bits per heavy atom. The predicted octanol–water partition coefficient (Wildman–Crippen LogP) is 6.22. The van der Waals surface area contributed by atoms with Gasteiger partial charge >= 0.3 is 5.97 Å². The van der Waals surface area contributed by atoms with Crippen LogP contribution in [0, 0.1) is 11.3 Å². The van der Waals surface area contributed by atoms with Gasteiger partial charge in [0.1, 0.15) is 31.3 Å². The second-order valence-electron chi connectivity index (χ2n) is 12.0. The number of alkyl halides is 2. The number of hydrogen-bond acceptors (Lipinski definition) is 10. The van der Waals surface area contributed by atoms with Gasteiger partial charge in [0.25, 0.3) is 5.92 Å². The summed E-state index contributed by atoms with van der Waals surface area (Å²) < 4.78 is 51.8. The number of thioether (sulfide) groups is 1. The van der Waals surface area contributed by atoms with Crippen molar-refractivity contribution in [1.29, 1.82) is 5.26 Å². The number of likely N-dealkylation sites (tertiary alicyclic amines) is 1. The van der Waals surface area contributed by atoms with E-state index in [9.17, 15) is 18.8 Å². The molecule has 45 heavy (non-hydrogen) atoms. The topological polar surface area (TPSA) is 110 Å². The molecule has 1 aromatic heterocycles. The van der Waals surface area contributed by atoms with Gasteiger partial charge in [-0.3, -0.25) is 9.69 Å². The highest BCUT2D eigenvalue weighted by molar-refractivity contribution is 8.14. The lowest BCUT2D eigenvalue weighted by atomic mass is 9.96. The summed E-state index contributed by atoms with van der Waals surface area (Å²) in [5, 5.41) is 14.2. The molecule has 4 rings (SSSR count). The number of aromatic nitrogens is 1. The van der Waals surface area contributed by atoms with Crippen LogP contribution in [0.5, 0.6) is 11.5 Å². The fourth-order valence-electron chi connectivity index (χ4n) is 4.98. The monoisotopic (exact) mass is 683 g/mol. The number of fused-ring (bicyclic) bond motifs is 1. The molecule has 2 aromatic rings. The van der Waals surface area contributed by atoms with Crippen LogP contribution in [0.4, 0.5) is 14.6 Å². The number of amidine groups is 1. The van der Waals surface area contributed by atoms with Crippen molar-refractivity contribution >= 4 is 48.4 Å². The summed E-state index contributed by atoms with van der Waals surface area (Å²) in [4.78, 5) is 18.7. The van der Waals surface area contributed by atoms with Gasteiger partial charge in [0.2, 0.25) is 0 Å². The lowest BCUT2D eigenvalue weighted by molar-refractivity contribution is -0.139. The Labute approximate surface area is 273 Å². The maximum atomic E-state index is 13.7. The van der Waals surface area contributed by atoms with E-state index in [-0.39, 0.29) is 44.6 Å². The van der Waals surface area contributed by atoms with Gasteiger partial charge in [-0.05, 0) is 19.0 Å².